The quantitative estimate of drug-likeness (QED) is 0.826. The Morgan fingerprint density at radius 1 is 1.35 bits per heavy atom. The summed E-state index contributed by atoms with van der Waals surface area (Å²) in [5, 5.41) is 8.75. The number of carbonyl (C=O) groups is 2. The third-order valence-corrected chi connectivity index (χ3v) is 3.65. The van der Waals surface area contributed by atoms with Crippen LogP contribution in [-0.4, -0.2) is 35.0 Å². The minimum atomic E-state index is -0.816. The number of benzene rings is 1. The Balaban J connectivity index is 2.02. The fraction of sp³-hybridized carbons (Fsp3) is 0.429. The third kappa shape index (κ3) is 3.07. The van der Waals surface area contributed by atoms with E-state index in [1.807, 2.05) is 0 Å². The molecule has 6 heteroatoms. The highest BCUT2D eigenvalue weighted by atomic mass is 19.1. The van der Waals surface area contributed by atoms with Crippen molar-refractivity contribution in [3.8, 4) is 0 Å². The summed E-state index contributed by atoms with van der Waals surface area (Å²) in [4.78, 5) is 24.5. The third-order valence-electron chi connectivity index (χ3n) is 3.65. The summed E-state index contributed by atoms with van der Waals surface area (Å²) in [6, 6.07) is 4.17. The summed E-state index contributed by atoms with van der Waals surface area (Å²) >= 11 is 0. The Bertz CT molecular complexity index is 525. The van der Waals surface area contributed by atoms with Gasteiger partial charge < -0.3 is 15.7 Å². The maximum atomic E-state index is 13.4. The number of hydrogen-bond donors (Lipinski definition) is 2. The minimum Gasteiger partial charge on any atom is -0.481 e. The summed E-state index contributed by atoms with van der Waals surface area (Å²) in [6.07, 6.45) is 1.42. The largest absolute Gasteiger partial charge is 0.481 e. The molecule has 2 rings (SSSR count). The lowest BCUT2D eigenvalue weighted by Crippen LogP contribution is -2.39. The normalized spacial score (nSPS) is 16.1. The lowest BCUT2D eigenvalue weighted by molar-refractivity contribution is -0.138. The van der Waals surface area contributed by atoms with E-state index in [2.05, 4.69) is 0 Å². The van der Waals surface area contributed by atoms with Gasteiger partial charge in [0.15, 0.2) is 0 Å². The highest BCUT2D eigenvalue weighted by Crippen LogP contribution is 2.24. The zero-order valence-electron chi connectivity index (χ0n) is 11.0. The maximum absolute atomic E-state index is 13.4. The molecular weight excluding hydrogens is 263 g/mol. The van der Waals surface area contributed by atoms with Gasteiger partial charge in [-0.15, -0.1) is 0 Å². The molecule has 3 N–H and O–H groups in total. The first-order valence-corrected chi connectivity index (χ1v) is 6.54. The van der Waals surface area contributed by atoms with Gasteiger partial charge in [0.05, 0.1) is 11.3 Å². The van der Waals surface area contributed by atoms with Crippen LogP contribution in [0, 0.1) is 11.7 Å². The number of anilines is 1. The Hall–Kier alpha value is -2.11. The van der Waals surface area contributed by atoms with Crippen molar-refractivity contribution in [1.82, 2.24) is 4.90 Å². The first-order valence-electron chi connectivity index (χ1n) is 6.54. The molecule has 1 aromatic rings. The average molecular weight is 280 g/mol. The molecule has 0 atom stereocenters. The van der Waals surface area contributed by atoms with E-state index in [0.717, 1.165) is 0 Å². The van der Waals surface area contributed by atoms with Gasteiger partial charge in [0.25, 0.3) is 5.91 Å². The summed E-state index contributed by atoms with van der Waals surface area (Å²) < 4.78 is 13.4. The van der Waals surface area contributed by atoms with E-state index in [0.29, 0.717) is 25.9 Å². The fourth-order valence-electron chi connectivity index (χ4n) is 2.48. The zero-order chi connectivity index (χ0) is 14.7. The molecule has 1 fully saturated rings. The summed E-state index contributed by atoms with van der Waals surface area (Å²) in [5.41, 5.74) is 5.62. The molecule has 1 aromatic carbocycles. The average Bonchev–Trinajstić information content (AvgIpc) is 2.41. The number of rotatable bonds is 3. The Morgan fingerprint density at radius 3 is 2.60 bits per heavy atom. The standard InChI is InChI=1S/C14H17FN2O3/c15-11-3-1-2-10(13(11)16)14(20)17-6-4-9(5-7-17)8-12(18)19/h1-3,9H,4-8,16H2,(H,18,19). The maximum Gasteiger partial charge on any atom is 0.303 e. The van der Waals surface area contributed by atoms with Crippen molar-refractivity contribution in [2.24, 2.45) is 5.92 Å². The number of carbonyl (C=O) groups excluding carboxylic acids is 1. The van der Waals surface area contributed by atoms with E-state index < -0.39 is 11.8 Å². The van der Waals surface area contributed by atoms with Crippen molar-refractivity contribution >= 4 is 17.6 Å². The molecular formula is C14H17FN2O3. The lowest BCUT2D eigenvalue weighted by Gasteiger charge is -2.31. The second-order valence-electron chi connectivity index (χ2n) is 5.03. The highest BCUT2D eigenvalue weighted by molar-refractivity contribution is 5.99. The van der Waals surface area contributed by atoms with Crippen molar-refractivity contribution in [3.63, 3.8) is 0 Å². The summed E-state index contributed by atoms with van der Waals surface area (Å²) in [6.45, 7) is 0.958. The number of amides is 1. The number of aliphatic carboxylic acids is 1. The molecule has 0 aliphatic carbocycles. The number of carboxylic acids is 1. The van der Waals surface area contributed by atoms with Crippen LogP contribution in [0.1, 0.15) is 29.6 Å². The van der Waals surface area contributed by atoms with Crippen LogP contribution >= 0.6 is 0 Å². The van der Waals surface area contributed by atoms with Gasteiger partial charge in [-0.2, -0.15) is 0 Å². The topological polar surface area (TPSA) is 83.6 Å². The number of likely N-dealkylation sites (tertiary alicyclic amines) is 1. The van der Waals surface area contributed by atoms with Crippen LogP contribution in [0.5, 0.6) is 0 Å². The molecule has 5 nitrogen and oxygen atoms in total. The van der Waals surface area contributed by atoms with Crippen LogP contribution in [0.25, 0.3) is 0 Å². The van der Waals surface area contributed by atoms with E-state index >= 15 is 0 Å². The van der Waals surface area contributed by atoms with E-state index in [4.69, 9.17) is 10.8 Å². The molecule has 1 saturated heterocycles. The molecule has 0 aromatic heterocycles. The van der Waals surface area contributed by atoms with E-state index in [1.54, 1.807) is 4.90 Å². The van der Waals surface area contributed by atoms with Gasteiger partial charge in [-0.05, 0) is 30.9 Å². The molecule has 1 amide bonds. The van der Waals surface area contributed by atoms with E-state index in [1.165, 1.54) is 18.2 Å². The Kier molecular flexibility index (Phi) is 4.22. The summed E-state index contributed by atoms with van der Waals surface area (Å²) in [7, 11) is 0. The van der Waals surface area contributed by atoms with E-state index in [9.17, 15) is 14.0 Å². The number of nitrogen functional groups attached to an aromatic ring is 1. The lowest BCUT2D eigenvalue weighted by atomic mass is 9.93. The monoisotopic (exact) mass is 280 g/mol. The van der Waals surface area contributed by atoms with Crippen molar-refractivity contribution < 1.29 is 19.1 Å². The fourth-order valence-corrected chi connectivity index (χ4v) is 2.48. The number of carboxylic acid groups (broad SMARTS) is 1. The predicted molar refractivity (Wildman–Crippen MR) is 71.7 cm³/mol. The second kappa shape index (κ2) is 5.90. The van der Waals surface area contributed by atoms with E-state index in [-0.39, 0.29) is 29.5 Å². The van der Waals surface area contributed by atoms with Crippen LogP contribution in [-0.2, 0) is 4.79 Å². The van der Waals surface area contributed by atoms with Crippen molar-refractivity contribution in [3.05, 3.63) is 29.6 Å². The number of nitrogens with two attached hydrogens (primary N) is 1. The van der Waals surface area contributed by atoms with Gasteiger partial charge in [0, 0.05) is 19.5 Å². The van der Waals surface area contributed by atoms with Gasteiger partial charge in [-0.3, -0.25) is 9.59 Å². The van der Waals surface area contributed by atoms with Gasteiger partial charge in [-0.1, -0.05) is 6.07 Å². The first-order chi connectivity index (χ1) is 9.49. The molecule has 1 aliphatic heterocycles. The van der Waals surface area contributed by atoms with Crippen LogP contribution in [0.15, 0.2) is 18.2 Å². The van der Waals surface area contributed by atoms with Gasteiger partial charge >= 0.3 is 5.97 Å². The van der Waals surface area contributed by atoms with Crippen LogP contribution in [0.4, 0.5) is 10.1 Å². The second-order valence-corrected chi connectivity index (χ2v) is 5.03. The molecule has 1 heterocycles. The summed E-state index contributed by atoms with van der Waals surface area (Å²) in [5.74, 6) is -1.61. The Morgan fingerprint density at radius 2 is 2.00 bits per heavy atom. The van der Waals surface area contributed by atoms with Crippen molar-refractivity contribution in [1.29, 1.82) is 0 Å². The molecule has 108 valence electrons. The molecule has 0 radical (unpaired) electrons. The Labute approximate surface area is 116 Å². The molecule has 0 unspecified atom stereocenters. The predicted octanol–water partition coefficient (Wildman–Crippen LogP) is 1.73. The van der Waals surface area contributed by atoms with Crippen LogP contribution < -0.4 is 5.73 Å². The highest BCUT2D eigenvalue weighted by Gasteiger charge is 2.26. The number of halogens is 1. The number of piperidine rings is 1. The van der Waals surface area contributed by atoms with Crippen molar-refractivity contribution in [2.45, 2.75) is 19.3 Å². The van der Waals surface area contributed by atoms with Gasteiger partial charge in [0.2, 0.25) is 0 Å². The van der Waals surface area contributed by atoms with Crippen LogP contribution in [0.3, 0.4) is 0 Å². The molecule has 20 heavy (non-hydrogen) atoms. The molecule has 0 spiro atoms. The zero-order valence-corrected chi connectivity index (χ0v) is 11.0. The van der Waals surface area contributed by atoms with Crippen LogP contribution in [0.2, 0.25) is 0 Å². The molecule has 0 saturated carbocycles. The molecule has 0 bridgehead atoms. The van der Waals surface area contributed by atoms with Crippen molar-refractivity contribution in [2.75, 3.05) is 18.8 Å². The first kappa shape index (κ1) is 14.3. The number of hydrogen-bond acceptors (Lipinski definition) is 3. The number of para-hydroxylation sites is 1. The smallest absolute Gasteiger partial charge is 0.303 e. The minimum absolute atomic E-state index is 0.0985. The van der Waals surface area contributed by atoms with Gasteiger partial charge in [-0.25, -0.2) is 4.39 Å². The SMILES string of the molecule is Nc1c(F)cccc1C(=O)N1CCC(CC(=O)O)CC1. The van der Waals surface area contributed by atoms with Gasteiger partial charge in [0.1, 0.15) is 5.82 Å². The molecule has 1 aliphatic rings. The number of nitrogens with zero attached hydrogens (tertiary/aromatic N) is 1.